The molecule has 3 heteroatoms. The Morgan fingerprint density at radius 1 is 1.40 bits per heavy atom. The van der Waals surface area contributed by atoms with Crippen molar-refractivity contribution in [1.82, 2.24) is 5.32 Å². The highest BCUT2D eigenvalue weighted by atomic mass is 16.2. The van der Waals surface area contributed by atoms with Gasteiger partial charge in [-0.05, 0) is 63.7 Å². The molecular weight excluding hydrogens is 248 g/mol. The van der Waals surface area contributed by atoms with Crippen LogP contribution in [-0.4, -0.2) is 26.0 Å². The average molecular weight is 274 g/mol. The molecule has 1 aromatic rings. The second-order valence-electron chi connectivity index (χ2n) is 5.99. The topological polar surface area (TPSA) is 32.3 Å². The van der Waals surface area contributed by atoms with Gasteiger partial charge in [-0.3, -0.25) is 4.79 Å². The first kappa shape index (κ1) is 15.0. The van der Waals surface area contributed by atoms with E-state index in [1.165, 1.54) is 24.0 Å². The number of hydrogen-bond donors (Lipinski definition) is 1. The molecule has 1 aliphatic rings. The highest BCUT2D eigenvalue weighted by molar-refractivity contribution is 5.93. The molecule has 1 fully saturated rings. The maximum atomic E-state index is 12.3. The van der Waals surface area contributed by atoms with E-state index in [0.29, 0.717) is 12.3 Å². The molecule has 1 aliphatic heterocycles. The fourth-order valence-electron chi connectivity index (χ4n) is 2.98. The third-order valence-electron chi connectivity index (χ3n) is 4.25. The quantitative estimate of drug-likeness (QED) is 0.915. The van der Waals surface area contributed by atoms with E-state index in [4.69, 9.17) is 0 Å². The van der Waals surface area contributed by atoms with Gasteiger partial charge in [-0.1, -0.05) is 17.7 Å². The number of benzene rings is 1. The van der Waals surface area contributed by atoms with Crippen LogP contribution in [0.3, 0.4) is 0 Å². The Hall–Kier alpha value is -1.35. The molecule has 1 atom stereocenters. The minimum Gasteiger partial charge on any atom is -0.316 e. The minimum absolute atomic E-state index is 0.225. The molecule has 0 aliphatic carbocycles. The second-order valence-corrected chi connectivity index (χ2v) is 5.99. The van der Waals surface area contributed by atoms with E-state index in [9.17, 15) is 4.79 Å². The number of hydrogen-bond acceptors (Lipinski definition) is 2. The van der Waals surface area contributed by atoms with Gasteiger partial charge in [0.05, 0.1) is 0 Å². The van der Waals surface area contributed by atoms with Crippen molar-refractivity contribution in [2.24, 2.45) is 5.92 Å². The van der Waals surface area contributed by atoms with Gasteiger partial charge in [-0.2, -0.15) is 0 Å². The molecule has 0 radical (unpaired) electrons. The van der Waals surface area contributed by atoms with Crippen molar-refractivity contribution in [1.29, 1.82) is 0 Å². The molecule has 2 rings (SSSR count). The van der Waals surface area contributed by atoms with Gasteiger partial charge in [-0.15, -0.1) is 0 Å². The molecule has 110 valence electrons. The lowest BCUT2D eigenvalue weighted by molar-refractivity contribution is -0.118. The highest BCUT2D eigenvalue weighted by Gasteiger charge is 2.17. The van der Waals surface area contributed by atoms with Gasteiger partial charge in [-0.25, -0.2) is 0 Å². The van der Waals surface area contributed by atoms with Crippen LogP contribution in [0.4, 0.5) is 5.69 Å². The van der Waals surface area contributed by atoms with E-state index < -0.39 is 0 Å². The lowest BCUT2D eigenvalue weighted by Crippen LogP contribution is -2.32. The zero-order chi connectivity index (χ0) is 14.5. The smallest absolute Gasteiger partial charge is 0.226 e. The lowest BCUT2D eigenvalue weighted by atomic mass is 9.94. The van der Waals surface area contributed by atoms with E-state index in [2.05, 4.69) is 31.3 Å². The number of piperidine rings is 1. The molecule has 0 saturated carbocycles. The van der Waals surface area contributed by atoms with Crippen molar-refractivity contribution in [3.05, 3.63) is 29.3 Å². The lowest BCUT2D eigenvalue weighted by Gasteiger charge is -2.24. The Labute approximate surface area is 122 Å². The van der Waals surface area contributed by atoms with Crippen LogP contribution in [0.15, 0.2) is 18.2 Å². The molecule has 3 nitrogen and oxygen atoms in total. The molecular formula is C17H26N2O. The monoisotopic (exact) mass is 274 g/mol. The summed E-state index contributed by atoms with van der Waals surface area (Å²) in [6.45, 7) is 6.35. The number of nitrogens with one attached hydrogen (secondary N) is 1. The molecule has 0 bridgehead atoms. The van der Waals surface area contributed by atoms with Crippen LogP contribution in [-0.2, 0) is 4.79 Å². The molecule has 1 unspecified atom stereocenters. The summed E-state index contributed by atoms with van der Waals surface area (Å²) >= 11 is 0. The van der Waals surface area contributed by atoms with Crippen molar-refractivity contribution in [3.8, 4) is 0 Å². The van der Waals surface area contributed by atoms with Crippen molar-refractivity contribution >= 4 is 11.6 Å². The standard InChI is InChI=1S/C17H26N2O/c1-13-6-8-16(14(2)11-13)19(3)17(20)9-7-15-5-4-10-18-12-15/h6,8,11,15,18H,4-5,7,9-10,12H2,1-3H3. The number of aryl methyl sites for hydroxylation is 2. The van der Waals surface area contributed by atoms with E-state index in [1.807, 2.05) is 18.0 Å². The van der Waals surface area contributed by atoms with Crippen molar-refractivity contribution in [3.63, 3.8) is 0 Å². The van der Waals surface area contributed by atoms with E-state index in [-0.39, 0.29) is 5.91 Å². The molecule has 0 spiro atoms. The second kappa shape index (κ2) is 6.89. The first-order valence-electron chi connectivity index (χ1n) is 7.62. The number of carbonyl (C=O) groups is 1. The summed E-state index contributed by atoms with van der Waals surface area (Å²) in [5.74, 6) is 0.891. The van der Waals surface area contributed by atoms with Crippen molar-refractivity contribution in [2.75, 3.05) is 25.0 Å². The Balaban J connectivity index is 1.90. The summed E-state index contributed by atoms with van der Waals surface area (Å²) in [5.41, 5.74) is 3.43. The van der Waals surface area contributed by atoms with Crippen molar-refractivity contribution in [2.45, 2.75) is 39.5 Å². The fraction of sp³-hybridized carbons (Fsp3) is 0.588. The zero-order valence-electron chi connectivity index (χ0n) is 12.9. The SMILES string of the molecule is Cc1ccc(N(C)C(=O)CCC2CCCNC2)c(C)c1. The van der Waals surface area contributed by atoms with Crippen LogP contribution in [0.5, 0.6) is 0 Å². The van der Waals surface area contributed by atoms with E-state index >= 15 is 0 Å². The average Bonchev–Trinajstić information content (AvgIpc) is 2.45. The van der Waals surface area contributed by atoms with Crippen LogP contribution in [0.1, 0.15) is 36.8 Å². The Kier molecular flexibility index (Phi) is 5.18. The fourth-order valence-corrected chi connectivity index (χ4v) is 2.98. The van der Waals surface area contributed by atoms with Gasteiger partial charge < -0.3 is 10.2 Å². The van der Waals surface area contributed by atoms with Gasteiger partial charge in [0, 0.05) is 19.2 Å². The first-order chi connectivity index (χ1) is 9.58. The summed E-state index contributed by atoms with van der Waals surface area (Å²) < 4.78 is 0. The number of carbonyl (C=O) groups excluding carboxylic acids is 1. The van der Waals surface area contributed by atoms with Crippen LogP contribution in [0.2, 0.25) is 0 Å². The summed E-state index contributed by atoms with van der Waals surface area (Å²) in [6.07, 6.45) is 4.15. The maximum Gasteiger partial charge on any atom is 0.226 e. The molecule has 1 heterocycles. The molecule has 1 N–H and O–H groups in total. The number of anilines is 1. The third kappa shape index (κ3) is 3.83. The van der Waals surface area contributed by atoms with Gasteiger partial charge in [0.1, 0.15) is 0 Å². The predicted octanol–water partition coefficient (Wildman–Crippen LogP) is 3.05. The van der Waals surface area contributed by atoms with Gasteiger partial charge >= 0.3 is 0 Å². The largest absolute Gasteiger partial charge is 0.316 e. The van der Waals surface area contributed by atoms with Gasteiger partial charge in [0.15, 0.2) is 0 Å². The number of nitrogens with zero attached hydrogens (tertiary/aromatic N) is 1. The van der Waals surface area contributed by atoms with Gasteiger partial charge in [0.25, 0.3) is 0 Å². The molecule has 1 aromatic carbocycles. The summed E-state index contributed by atoms with van der Waals surface area (Å²) in [4.78, 5) is 14.1. The van der Waals surface area contributed by atoms with Crippen molar-refractivity contribution < 1.29 is 4.79 Å². The number of amides is 1. The normalized spacial score (nSPS) is 18.9. The Morgan fingerprint density at radius 3 is 2.85 bits per heavy atom. The summed E-state index contributed by atoms with van der Waals surface area (Å²) in [6, 6.07) is 6.24. The summed E-state index contributed by atoms with van der Waals surface area (Å²) in [7, 11) is 1.89. The van der Waals surface area contributed by atoms with Crippen LogP contribution in [0.25, 0.3) is 0 Å². The van der Waals surface area contributed by atoms with Crippen LogP contribution >= 0.6 is 0 Å². The highest BCUT2D eigenvalue weighted by Crippen LogP contribution is 2.22. The third-order valence-corrected chi connectivity index (χ3v) is 4.25. The molecule has 20 heavy (non-hydrogen) atoms. The van der Waals surface area contributed by atoms with Gasteiger partial charge in [0.2, 0.25) is 5.91 Å². The first-order valence-corrected chi connectivity index (χ1v) is 7.62. The Morgan fingerprint density at radius 2 is 2.20 bits per heavy atom. The molecule has 1 amide bonds. The maximum absolute atomic E-state index is 12.3. The Bertz CT molecular complexity index is 464. The minimum atomic E-state index is 0.225. The van der Waals surface area contributed by atoms with E-state index in [1.54, 1.807) is 0 Å². The van der Waals surface area contributed by atoms with Crippen LogP contribution in [0, 0.1) is 19.8 Å². The molecule has 0 aromatic heterocycles. The van der Waals surface area contributed by atoms with Crippen LogP contribution < -0.4 is 10.2 Å². The van der Waals surface area contributed by atoms with E-state index in [0.717, 1.165) is 25.2 Å². The summed E-state index contributed by atoms with van der Waals surface area (Å²) in [5, 5.41) is 3.41. The zero-order valence-corrected chi connectivity index (χ0v) is 12.9. The predicted molar refractivity (Wildman–Crippen MR) is 84.2 cm³/mol. The number of rotatable bonds is 4. The molecule has 1 saturated heterocycles.